The highest BCUT2D eigenvalue weighted by Crippen LogP contribution is 2.32. The molecule has 0 bridgehead atoms. The predicted molar refractivity (Wildman–Crippen MR) is 112 cm³/mol. The number of hydrogen-bond donors (Lipinski definition) is 2. The van der Waals surface area contributed by atoms with Crippen LogP contribution in [0.4, 0.5) is 5.69 Å². The lowest BCUT2D eigenvalue weighted by Crippen LogP contribution is -2.12. The lowest BCUT2D eigenvalue weighted by molar-refractivity contribution is 0.102. The number of carbonyl (C=O) groups excluding carboxylic acids is 1. The Morgan fingerprint density at radius 2 is 1.62 bits per heavy atom. The minimum atomic E-state index is -0.412. The first-order valence-electron chi connectivity index (χ1n) is 7.45. The Balaban J connectivity index is 1.72. The SMILES string of the molecule is O=C(Nc1ccc(Oc2cccc(Br)c2)cc1)c1cc(Br)cc(Br)c1O. The summed E-state index contributed by atoms with van der Waals surface area (Å²) in [6.07, 6.45) is 0. The van der Waals surface area contributed by atoms with Crippen LogP contribution >= 0.6 is 47.8 Å². The second-order valence-corrected chi connectivity index (χ2v) is 8.01. The van der Waals surface area contributed by atoms with Crippen LogP contribution in [0.3, 0.4) is 0 Å². The third-order valence-corrected chi connectivity index (χ3v) is 4.97. The normalized spacial score (nSPS) is 10.4. The number of aromatic hydroxyl groups is 1. The van der Waals surface area contributed by atoms with E-state index in [1.165, 1.54) is 0 Å². The molecule has 0 fully saturated rings. The first kappa shape index (κ1) is 18.9. The van der Waals surface area contributed by atoms with Crippen molar-refractivity contribution in [1.29, 1.82) is 0 Å². The van der Waals surface area contributed by atoms with Gasteiger partial charge in [0.25, 0.3) is 5.91 Å². The van der Waals surface area contributed by atoms with Gasteiger partial charge in [-0.25, -0.2) is 0 Å². The topological polar surface area (TPSA) is 58.6 Å². The minimum absolute atomic E-state index is 0.111. The largest absolute Gasteiger partial charge is 0.506 e. The van der Waals surface area contributed by atoms with Gasteiger partial charge in [-0.05, 0) is 70.5 Å². The number of benzene rings is 3. The number of hydrogen-bond acceptors (Lipinski definition) is 3. The summed E-state index contributed by atoms with van der Waals surface area (Å²) in [6.45, 7) is 0. The fourth-order valence-corrected chi connectivity index (χ4v) is 3.81. The molecule has 1 amide bonds. The third kappa shape index (κ3) is 4.66. The first-order chi connectivity index (χ1) is 12.4. The van der Waals surface area contributed by atoms with E-state index in [2.05, 4.69) is 53.1 Å². The number of nitrogens with one attached hydrogen (secondary N) is 1. The highest BCUT2D eigenvalue weighted by Gasteiger charge is 2.15. The molecule has 3 aromatic rings. The van der Waals surface area contributed by atoms with Gasteiger partial charge in [0.15, 0.2) is 0 Å². The molecule has 0 aliphatic heterocycles. The molecule has 3 rings (SSSR count). The molecule has 0 saturated carbocycles. The average Bonchev–Trinajstić information content (AvgIpc) is 2.60. The minimum Gasteiger partial charge on any atom is -0.506 e. The molecular formula is C19H12Br3NO3. The van der Waals surface area contributed by atoms with Crippen LogP contribution in [0, 0.1) is 0 Å². The maximum Gasteiger partial charge on any atom is 0.259 e. The van der Waals surface area contributed by atoms with Gasteiger partial charge in [0.1, 0.15) is 17.2 Å². The number of carbonyl (C=O) groups is 1. The maximum atomic E-state index is 12.4. The summed E-state index contributed by atoms with van der Waals surface area (Å²) in [5.41, 5.74) is 0.757. The average molecular weight is 542 g/mol. The number of halogens is 3. The van der Waals surface area contributed by atoms with Crippen LogP contribution in [0.5, 0.6) is 17.2 Å². The van der Waals surface area contributed by atoms with Crippen molar-refractivity contribution in [2.24, 2.45) is 0 Å². The molecule has 4 nitrogen and oxygen atoms in total. The fourth-order valence-electron chi connectivity index (χ4n) is 2.21. The Hall–Kier alpha value is -1.83. The standard InChI is InChI=1S/C19H12Br3NO3/c20-11-2-1-3-15(8-11)26-14-6-4-13(5-7-14)23-19(25)16-9-12(21)10-17(22)18(16)24/h1-10,24H,(H,23,25). The van der Waals surface area contributed by atoms with E-state index in [-0.39, 0.29) is 11.3 Å². The van der Waals surface area contributed by atoms with E-state index < -0.39 is 5.91 Å². The third-order valence-electron chi connectivity index (χ3n) is 3.42. The molecule has 0 aliphatic rings. The molecule has 2 N–H and O–H groups in total. The van der Waals surface area contributed by atoms with E-state index in [0.717, 1.165) is 4.47 Å². The zero-order valence-electron chi connectivity index (χ0n) is 13.2. The van der Waals surface area contributed by atoms with Crippen LogP contribution in [0.2, 0.25) is 0 Å². The van der Waals surface area contributed by atoms with Gasteiger partial charge in [-0.15, -0.1) is 0 Å². The number of anilines is 1. The molecule has 0 unspecified atom stereocenters. The molecule has 0 atom stereocenters. The van der Waals surface area contributed by atoms with Crippen LogP contribution < -0.4 is 10.1 Å². The van der Waals surface area contributed by atoms with Gasteiger partial charge in [-0.3, -0.25) is 4.79 Å². The van der Waals surface area contributed by atoms with E-state index >= 15 is 0 Å². The number of ether oxygens (including phenoxy) is 1. The second-order valence-electron chi connectivity index (χ2n) is 5.32. The first-order valence-corrected chi connectivity index (χ1v) is 9.83. The van der Waals surface area contributed by atoms with Gasteiger partial charge in [0.05, 0.1) is 10.0 Å². The quantitative estimate of drug-likeness (QED) is 0.385. The summed E-state index contributed by atoms with van der Waals surface area (Å²) in [5.74, 6) is 0.833. The zero-order chi connectivity index (χ0) is 18.7. The fraction of sp³-hybridized carbons (Fsp3) is 0. The van der Waals surface area contributed by atoms with Crippen molar-refractivity contribution in [3.63, 3.8) is 0 Å². The van der Waals surface area contributed by atoms with Crippen molar-refractivity contribution < 1.29 is 14.6 Å². The van der Waals surface area contributed by atoms with E-state index in [9.17, 15) is 9.90 Å². The van der Waals surface area contributed by atoms with Gasteiger partial charge in [-0.1, -0.05) is 37.9 Å². The van der Waals surface area contributed by atoms with Crippen molar-refractivity contribution >= 4 is 59.4 Å². The smallest absolute Gasteiger partial charge is 0.259 e. The van der Waals surface area contributed by atoms with Gasteiger partial charge in [0.2, 0.25) is 0 Å². The Kier molecular flexibility index (Phi) is 6.01. The van der Waals surface area contributed by atoms with Crippen molar-refractivity contribution in [2.45, 2.75) is 0 Å². The molecule has 0 radical (unpaired) electrons. The lowest BCUT2D eigenvalue weighted by atomic mass is 10.2. The predicted octanol–water partition coefficient (Wildman–Crippen LogP) is 6.72. The van der Waals surface area contributed by atoms with Crippen LogP contribution in [-0.2, 0) is 0 Å². The van der Waals surface area contributed by atoms with Gasteiger partial charge < -0.3 is 15.2 Å². The van der Waals surface area contributed by atoms with Crippen molar-refractivity contribution in [2.75, 3.05) is 5.32 Å². The van der Waals surface area contributed by atoms with E-state index in [0.29, 0.717) is 26.1 Å². The summed E-state index contributed by atoms with van der Waals surface area (Å²) >= 11 is 9.92. The number of phenols is 1. The summed E-state index contributed by atoms with van der Waals surface area (Å²) in [5, 5.41) is 12.8. The summed E-state index contributed by atoms with van der Waals surface area (Å²) in [6, 6.07) is 17.7. The van der Waals surface area contributed by atoms with Gasteiger partial charge >= 0.3 is 0 Å². The monoisotopic (exact) mass is 539 g/mol. The Morgan fingerprint density at radius 1 is 0.885 bits per heavy atom. The van der Waals surface area contributed by atoms with E-state index in [1.54, 1.807) is 36.4 Å². The van der Waals surface area contributed by atoms with E-state index in [1.807, 2.05) is 24.3 Å². The summed E-state index contributed by atoms with van der Waals surface area (Å²) < 4.78 is 7.81. The van der Waals surface area contributed by atoms with Gasteiger partial charge in [0, 0.05) is 14.6 Å². The van der Waals surface area contributed by atoms with Gasteiger partial charge in [-0.2, -0.15) is 0 Å². The second kappa shape index (κ2) is 8.24. The molecule has 7 heteroatoms. The molecule has 3 aromatic carbocycles. The van der Waals surface area contributed by atoms with Crippen molar-refractivity contribution in [3.8, 4) is 17.2 Å². The van der Waals surface area contributed by atoms with E-state index in [4.69, 9.17) is 4.74 Å². The molecule has 0 spiro atoms. The highest BCUT2D eigenvalue weighted by molar-refractivity contribution is 9.11. The van der Waals surface area contributed by atoms with Crippen LogP contribution in [0.15, 0.2) is 74.1 Å². The Labute approximate surface area is 175 Å². The lowest BCUT2D eigenvalue weighted by Gasteiger charge is -2.10. The van der Waals surface area contributed by atoms with Crippen LogP contribution in [0.1, 0.15) is 10.4 Å². The summed E-state index contributed by atoms with van der Waals surface area (Å²) in [7, 11) is 0. The number of phenolic OH excluding ortho intramolecular Hbond substituents is 1. The number of rotatable bonds is 4. The summed E-state index contributed by atoms with van der Waals surface area (Å²) in [4.78, 5) is 12.4. The molecule has 0 aliphatic carbocycles. The zero-order valence-corrected chi connectivity index (χ0v) is 17.9. The van der Waals surface area contributed by atoms with Crippen LogP contribution in [0.25, 0.3) is 0 Å². The molecule has 0 aromatic heterocycles. The molecule has 0 saturated heterocycles. The van der Waals surface area contributed by atoms with Crippen molar-refractivity contribution in [1.82, 2.24) is 0 Å². The highest BCUT2D eigenvalue weighted by atomic mass is 79.9. The Bertz CT molecular complexity index is 959. The Morgan fingerprint density at radius 3 is 2.31 bits per heavy atom. The van der Waals surface area contributed by atoms with Crippen molar-refractivity contribution in [3.05, 3.63) is 79.6 Å². The maximum absolute atomic E-state index is 12.4. The molecule has 132 valence electrons. The molecule has 26 heavy (non-hydrogen) atoms. The molecular weight excluding hydrogens is 530 g/mol. The number of amides is 1. The van der Waals surface area contributed by atoms with Crippen LogP contribution in [-0.4, -0.2) is 11.0 Å². The molecule has 0 heterocycles.